The van der Waals surface area contributed by atoms with Crippen LogP contribution in [-0.4, -0.2) is 60.6 Å². The zero-order valence-corrected chi connectivity index (χ0v) is 16.9. The van der Waals surface area contributed by atoms with Gasteiger partial charge in [-0.25, -0.2) is 0 Å². The highest BCUT2D eigenvalue weighted by Gasteiger charge is 2.21. The third kappa shape index (κ3) is 5.13. The number of carbonyl (C=O) groups excluding carboxylic acids is 1. The normalized spacial score (nSPS) is 14.9. The van der Waals surface area contributed by atoms with E-state index in [-0.39, 0.29) is 12.5 Å². The first-order valence-electron chi connectivity index (χ1n) is 8.24. The fourth-order valence-corrected chi connectivity index (χ4v) is 3.33. The molecule has 0 spiro atoms. The fraction of sp³-hybridized carbons (Fsp3) is 0.353. The van der Waals surface area contributed by atoms with Gasteiger partial charge in [0.1, 0.15) is 0 Å². The Morgan fingerprint density at radius 3 is 2.52 bits per heavy atom. The molecule has 1 fully saturated rings. The minimum Gasteiger partial charge on any atom is -0.480 e. The lowest BCUT2D eigenvalue weighted by atomic mass is 10.3. The van der Waals surface area contributed by atoms with Crippen molar-refractivity contribution in [2.24, 2.45) is 0 Å². The molecule has 3 rings (SSSR count). The Kier molecular flexibility index (Phi) is 6.59. The lowest BCUT2D eigenvalue weighted by Gasteiger charge is -2.34. The van der Waals surface area contributed by atoms with Gasteiger partial charge in [0.15, 0.2) is 5.82 Å². The molecule has 1 aliphatic rings. The summed E-state index contributed by atoms with van der Waals surface area (Å²) in [5.74, 6) is 1.08. The highest BCUT2D eigenvalue weighted by Crippen LogP contribution is 2.32. The molecule has 27 heavy (non-hydrogen) atoms. The largest absolute Gasteiger partial charge is 0.480 e. The van der Waals surface area contributed by atoms with Crippen molar-refractivity contribution in [2.75, 3.05) is 50.1 Å². The molecule has 144 valence electrons. The van der Waals surface area contributed by atoms with Crippen molar-refractivity contribution < 1.29 is 9.53 Å². The standard InChI is InChI=1S/C17H18Cl3N5O2/c1-27-17-9-21-8-15(23-17)25-4-2-24(3-5-25)10-16(26)22-14-7-12(19)11(18)6-13(14)20/h6-9H,2-5,10H2,1H3,(H,22,26). The van der Waals surface area contributed by atoms with Crippen LogP contribution in [0.3, 0.4) is 0 Å². The summed E-state index contributed by atoms with van der Waals surface area (Å²) < 4.78 is 5.11. The van der Waals surface area contributed by atoms with Gasteiger partial charge >= 0.3 is 0 Å². The molecule has 1 aromatic heterocycles. The van der Waals surface area contributed by atoms with Gasteiger partial charge < -0.3 is 15.0 Å². The molecule has 2 aromatic rings. The molecule has 1 N–H and O–H groups in total. The van der Waals surface area contributed by atoms with Crippen molar-refractivity contribution in [1.82, 2.24) is 14.9 Å². The first kappa shape index (κ1) is 19.9. The molecule has 10 heteroatoms. The number of halogens is 3. The van der Waals surface area contributed by atoms with Crippen molar-refractivity contribution >= 4 is 52.2 Å². The summed E-state index contributed by atoms with van der Waals surface area (Å²) in [6, 6.07) is 3.05. The van der Waals surface area contributed by atoms with Gasteiger partial charge in [-0.2, -0.15) is 4.98 Å². The number of rotatable bonds is 5. The Morgan fingerprint density at radius 1 is 1.11 bits per heavy atom. The van der Waals surface area contributed by atoms with E-state index in [4.69, 9.17) is 39.5 Å². The molecule has 0 radical (unpaired) electrons. The van der Waals surface area contributed by atoms with Gasteiger partial charge in [-0.15, -0.1) is 0 Å². The lowest BCUT2D eigenvalue weighted by Crippen LogP contribution is -2.49. The van der Waals surface area contributed by atoms with Crippen LogP contribution in [0.25, 0.3) is 0 Å². The maximum atomic E-state index is 12.3. The van der Waals surface area contributed by atoms with Crippen molar-refractivity contribution in [2.45, 2.75) is 0 Å². The second kappa shape index (κ2) is 8.93. The van der Waals surface area contributed by atoms with Crippen molar-refractivity contribution in [1.29, 1.82) is 0 Å². The third-order valence-electron chi connectivity index (χ3n) is 4.16. The van der Waals surface area contributed by atoms with E-state index in [9.17, 15) is 4.79 Å². The van der Waals surface area contributed by atoms with Gasteiger partial charge in [0.05, 0.1) is 46.8 Å². The molecule has 1 aromatic carbocycles. The van der Waals surface area contributed by atoms with Gasteiger partial charge in [-0.3, -0.25) is 14.7 Å². The van der Waals surface area contributed by atoms with E-state index in [2.05, 4.69) is 25.1 Å². The summed E-state index contributed by atoms with van der Waals surface area (Å²) in [5, 5.41) is 3.80. The Hall–Kier alpha value is -1.80. The zero-order valence-electron chi connectivity index (χ0n) is 14.6. The third-order valence-corrected chi connectivity index (χ3v) is 5.19. The maximum Gasteiger partial charge on any atom is 0.238 e. The Bertz CT molecular complexity index is 828. The molecule has 1 amide bonds. The molecule has 7 nitrogen and oxygen atoms in total. The van der Waals surface area contributed by atoms with Crippen LogP contribution in [0.4, 0.5) is 11.5 Å². The first-order chi connectivity index (χ1) is 13.0. The van der Waals surface area contributed by atoms with Crippen molar-refractivity contribution in [3.8, 4) is 5.88 Å². The maximum absolute atomic E-state index is 12.3. The van der Waals surface area contributed by atoms with Gasteiger partial charge in [-0.1, -0.05) is 34.8 Å². The molecule has 1 saturated heterocycles. The van der Waals surface area contributed by atoms with Gasteiger partial charge in [0.2, 0.25) is 11.8 Å². The second-order valence-electron chi connectivity index (χ2n) is 5.98. The van der Waals surface area contributed by atoms with E-state index < -0.39 is 0 Å². The molecule has 0 bridgehead atoms. The number of amides is 1. The number of hydrogen-bond donors (Lipinski definition) is 1. The number of piperazine rings is 1. The molecular weight excluding hydrogens is 413 g/mol. The number of aromatic nitrogens is 2. The number of benzene rings is 1. The topological polar surface area (TPSA) is 70.6 Å². The van der Waals surface area contributed by atoms with E-state index in [0.29, 0.717) is 26.6 Å². The van der Waals surface area contributed by atoms with Crippen LogP contribution in [0, 0.1) is 0 Å². The number of nitrogens with zero attached hydrogens (tertiary/aromatic N) is 4. The average Bonchev–Trinajstić information content (AvgIpc) is 2.66. The zero-order chi connectivity index (χ0) is 19.4. The second-order valence-corrected chi connectivity index (χ2v) is 7.20. The van der Waals surface area contributed by atoms with E-state index in [0.717, 1.165) is 32.0 Å². The number of nitrogens with one attached hydrogen (secondary N) is 1. The monoisotopic (exact) mass is 429 g/mol. The summed E-state index contributed by atoms with van der Waals surface area (Å²) in [4.78, 5) is 25.0. The van der Waals surface area contributed by atoms with E-state index >= 15 is 0 Å². The van der Waals surface area contributed by atoms with Gasteiger partial charge in [-0.05, 0) is 12.1 Å². The average molecular weight is 431 g/mol. The Morgan fingerprint density at radius 2 is 1.81 bits per heavy atom. The van der Waals surface area contributed by atoms with Crippen LogP contribution in [-0.2, 0) is 4.79 Å². The molecule has 0 aliphatic carbocycles. The van der Waals surface area contributed by atoms with E-state index in [1.54, 1.807) is 25.6 Å². The van der Waals surface area contributed by atoms with Crippen LogP contribution < -0.4 is 15.0 Å². The van der Waals surface area contributed by atoms with Crippen LogP contribution in [0.5, 0.6) is 5.88 Å². The highest BCUT2D eigenvalue weighted by molar-refractivity contribution is 6.44. The van der Waals surface area contributed by atoms with Crippen LogP contribution >= 0.6 is 34.8 Å². The lowest BCUT2D eigenvalue weighted by molar-refractivity contribution is -0.117. The van der Waals surface area contributed by atoms with Gasteiger partial charge in [0.25, 0.3) is 0 Å². The minimum atomic E-state index is -0.162. The Balaban J connectivity index is 1.53. The minimum absolute atomic E-state index is 0.162. The van der Waals surface area contributed by atoms with Crippen molar-refractivity contribution in [3.05, 3.63) is 39.6 Å². The molecule has 0 unspecified atom stereocenters. The van der Waals surface area contributed by atoms with E-state index in [1.165, 1.54) is 6.07 Å². The van der Waals surface area contributed by atoms with Gasteiger partial charge in [0, 0.05) is 26.2 Å². The predicted molar refractivity (Wildman–Crippen MR) is 107 cm³/mol. The smallest absolute Gasteiger partial charge is 0.238 e. The molecule has 0 saturated carbocycles. The quantitative estimate of drug-likeness (QED) is 0.735. The number of hydrogen-bond acceptors (Lipinski definition) is 6. The summed E-state index contributed by atoms with van der Waals surface area (Å²) in [6.45, 7) is 3.18. The van der Waals surface area contributed by atoms with Crippen molar-refractivity contribution in [3.63, 3.8) is 0 Å². The molecular formula is C17H18Cl3N5O2. The summed E-state index contributed by atoms with van der Waals surface area (Å²) in [7, 11) is 1.56. The summed E-state index contributed by atoms with van der Waals surface area (Å²) in [5.41, 5.74) is 0.446. The first-order valence-corrected chi connectivity index (χ1v) is 9.37. The summed E-state index contributed by atoms with van der Waals surface area (Å²) >= 11 is 18.0. The SMILES string of the molecule is COc1cncc(N2CCN(CC(=O)Nc3cc(Cl)c(Cl)cc3Cl)CC2)n1. The predicted octanol–water partition coefficient (Wildman–Crippen LogP) is 3.21. The van der Waals surface area contributed by atoms with Crippen LogP contribution in [0.15, 0.2) is 24.5 Å². The molecule has 0 atom stereocenters. The highest BCUT2D eigenvalue weighted by atomic mass is 35.5. The number of anilines is 2. The number of ether oxygens (including phenoxy) is 1. The summed E-state index contributed by atoms with van der Waals surface area (Å²) in [6.07, 6.45) is 3.27. The number of methoxy groups -OCH3 is 1. The van der Waals surface area contributed by atoms with Crippen LogP contribution in [0.2, 0.25) is 15.1 Å². The van der Waals surface area contributed by atoms with E-state index in [1.807, 2.05) is 0 Å². The van der Waals surface area contributed by atoms with Crippen LogP contribution in [0.1, 0.15) is 0 Å². The Labute approximate surface area is 172 Å². The molecule has 2 heterocycles. The fourth-order valence-electron chi connectivity index (χ4n) is 2.74. The number of carbonyl (C=O) groups is 1. The molecule has 1 aliphatic heterocycles.